The van der Waals surface area contributed by atoms with Gasteiger partial charge in [0.05, 0.1) is 11.0 Å². The average Bonchev–Trinajstić information content (AvgIpc) is 3.50. The molecule has 31 heavy (non-hydrogen) atoms. The summed E-state index contributed by atoms with van der Waals surface area (Å²) in [5.74, 6) is 0.572. The molecule has 4 aromatic rings. The largest absolute Gasteiger partial charge is 0.454 e. The lowest BCUT2D eigenvalue weighted by Gasteiger charge is -2.17. The van der Waals surface area contributed by atoms with Gasteiger partial charge >= 0.3 is 5.97 Å². The second-order valence-electron chi connectivity index (χ2n) is 7.67. The second kappa shape index (κ2) is 8.53. The Labute approximate surface area is 191 Å². The zero-order valence-electron chi connectivity index (χ0n) is 16.8. The molecule has 0 saturated carbocycles. The number of aromatic nitrogens is 2. The van der Waals surface area contributed by atoms with Gasteiger partial charge in [0.2, 0.25) is 0 Å². The maximum Gasteiger partial charge on any atom is 0.340 e. The molecule has 4 heterocycles. The van der Waals surface area contributed by atoms with Gasteiger partial charge in [0.1, 0.15) is 17.3 Å². The summed E-state index contributed by atoms with van der Waals surface area (Å²) in [7, 11) is 0. The Morgan fingerprint density at radius 3 is 2.90 bits per heavy atom. The summed E-state index contributed by atoms with van der Waals surface area (Å²) in [5.41, 5.74) is 1.51. The number of ether oxygens (including phenoxy) is 1. The van der Waals surface area contributed by atoms with Gasteiger partial charge in [-0.05, 0) is 59.7 Å². The summed E-state index contributed by atoms with van der Waals surface area (Å²) in [4.78, 5) is 36.9. The number of carbonyl (C=O) groups is 1. The molecule has 5 rings (SSSR count). The molecule has 0 amide bonds. The number of thiophene rings is 3. The van der Waals surface area contributed by atoms with Crippen LogP contribution in [-0.2, 0) is 29.0 Å². The van der Waals surface area contributed by atoms with Gasteiger partial charge in [0, 0.05) is 14.6 Å². The molecule has 0 spiro atoms. The fourth-order valence-electron chi connectivity index (χ4n) is 3.85. The Morgan fingerprint density at radius 1 is 1.29 bits per heavy atom. The molecule has 1 aliphatic rings. The lowest BCUT2D eigenvalue weighted by molar-refractivity contribution is -0.138. The monoisotopic (exact) mass is 468 g/mol. The van der Waals surface area contributed by atoms with E-state index in [-0.39, 0.29) is 12.2 Å². The van der Waals surface area contributed by atoms with Gasteiger partial charge in [0.25, 0.3) is 5.56 Å². The average molecular weight is 469 g/mol. The summed E-state index contributed by atoms with van der Waals surface area (Å²) in [6.45, 7) is 2.17. The van der Waals surface area contributed by atoms with E-state index in [9.17, 15) is 9.59 Å². The maximum absolute atomic E-state index is 12.9. The topological polar surface area (TPSA) is 72.0 Å². The van der Waals surface area contributed by atoms with Crippen LogP contribution in [0.3, 0.4) is 0 Å². The van der Waals surface area contributed by atoms with E-state index >= 15 is 0 Å². The molecule has 0 radical (unpaired) electrons. The van der Waals surface area contributed by atoms with Gasteiger partial charge in [-0.3, -0.25) is 4.79 Å². The van der Waals surface area contributed by atoms with Crippen molar-refractivity contribution in [2.24, 2.45) is 5.92 Å². The number of hydrogen-bond acceptors (Lipinski definition) is 7. The Hall–Kier alpha value is -2.55. The molecule has 158 valence electrons. The Kier molecular flexibility index (Phi) is 5.60. The smallest absolute Gasteiger partial charge is 0.340 e. The van der Waals surface area contributed by atoms with Crippen molar-refractivity contribution in [3.63, 3.8) is 0 Å². The molecule has 1 atom stereocenters. The van der Waals surface area contributed by atoms with Gasteiger partial charge in [-0.15, -0.1) is 34.0 Å². The highest BCUT2D eigenvalue weighted by atomic mass is 32.1. The zero-order valence-corrected chi connectivity index (χ0v) is 19.3. The van der Waals surface area contributed by atoms with Crippen LogP contribution in [0.25, 0.3) is 21.9 Å². The highest BCUT2D eigenvalue weighted by Crippen LogP contribution is 2.35. The number of H-pyrrole nitrogens is 1. The maximum atomic E-state index is 12.9. The van der Waals surface area contributed by atoms with Crippen LogP contribution in [0.5, 0.6) is 0 Å². The normalized spacial score (nSPS) is 16.4. The first-order chi connectivity index (χ1) is 15.1. The molecule has 0 fully saturated rings. The van der Waals surface area contributed by atoms with Crippen molar-refractivity contribution in [3.8, 4) is 0 Å². The SMILES string of the molecule is C[C@@H]1CCc2c(sc3nc(COC(=O)/C(=C/c4cccs4)c4cccs4)[nH]c(=O)c23)C1. The van der Waals surface area contributed by atoms with Crippen LogP contribution in [0.2, 0.25) is 0 Å². The van der Waals surface area contributed by atoms with Gasteiger partial charge < -0.3 is 9.72 Å². The third kappa shape index (κ3) is 4.15. The minimum absolute atomic E-state index is 0.0733. The third-order valence-electron chi connectivity index (χ3n) is 5.39. The Bertz CT molecular complexity index is 1310. The summed E-state index contributed by atoms with van der Waals surface area (Å²) in [6, 6.07) is 7.70. The van der Waals surface area contributed by atoms with E-state index in [4.69, 9.17) is 4.74 Å². The van der Waals surface area contributed by atoms with E-state index in [0.29, 0.717) is 22.7 Å². The molecular weight excluding hydrogens is 448 g/mol. The van der Waals surface area contributed by atoms with Crippen LogP contribution in [0.4, 0.5) is 0 Å². The number of nitrogens with one attached hydrogen (secondary N) is 1. The summed E-state index contributed by atoms with van der Waals surface area (Å²) < 4.78 is 5.56. The number of fused-ring (bicyclic) bond motifs is 3. The van der Waals surface area contributed by atoms with E-state index in [1.807, 2.05) is 41.1 Å². The highest BCUT2D eigenvalue weighted by molar-refractivity contribution is 7.18. The van der Waals surface area contributed by atoms with Crippen LogP contribution < -0.4 is 5.56 Å². The number of nitrogens with zero attached hydrogens (tertiary/aromatic N) is 1. The molecular formula is C23H20N2O3S3. The van der Waals surface area contributed by atoms with Crippen molar-refractivity contribution in [1.82, 2.24) is 9.97 Å². The molecule has 1 N–H and O–H groups in total. The van der Waals surface area contributed by atoms with Crippen molar-refractivity contribution in [1.29, 1.82) is 0 Å². The Balaban J connectivity index is 1.40. The standard InChI is InChI=1S/C23H20N2O3S3/c1-13-6-7-15-18(10-13)31-22-20(15)21(26)24-19(25-22)12-28-23(27)16(17-5-3-9-30-17)11-14-4-2-8-29-14/h2-5,8-9,11,13H,6-7,10,12H2,1H3,(H,24,25,26)/b16-11+/t13-/m1/s1. The molecule has 0 bridgehead atoms. The summed E-state index contributed by atoms with van der Waals surface area (Å²) >= 11 is 4.64. The minimum atomic E-state index is -0.433. The Morgan fingerprint density at radius 2 is 2.13 bits per heavy atom. The van der Waals surface area contributed by atoms with Crippen molar-refractivity contribution < 1.29 is 9.53 Å². The third-order valence-corrected chi connectivity index (χ3v) is 8.26. The number of carbonyl (C=O) groups excluding carboxylic acids is 1. The number of aromatic amines is 1. The first kappa shape index (κ1) is 20.4. The van der Waals surface area contributed by atoms with Crippen LogP contribution >= 0.6 is 34.0 Å². The number of esters is 1. The van der Waals surface area contributed by atoms with E-state index in [2.05, 4.69) is 16.9 Å². The first-order valence-corrected chi connectivity index (χ1v) is 12.7. The summed E-state index contributed by atoms with van der Waals surface area (Å²) in [5, 5.41) is 4.60. The zero-order chi connectivity index (χ0) is 21.4. The molecule has 0 aliphatic heterocycles. The molecule has 0 unspecified atom stereocenters. The van der Waals surface area contributed by atoms with Crippen LogP contribution in [0.15, 0.2) is 39.8 Å². The number of hydrogen-bond donors (Lipinski definition) is 1. The van der Waals surface area contributed by atoms with E-state index < -0.39 is 5.97 Å². The van der Waals surface area contributed by atoms with Crippen molar-refractivity contribution in [3.05, 3.63) is 71.4 Å². The van der Waals surface area contributed by atoms with Crippen LogP contribution in [0, 0.1) is 5.92 Å². The summed E-state index contributed by atoms with van der Waals surface area (Å²) in [6.07, 6.45) is 4.86. The van der Waals surface area contributed by atoms with Crippen LogP contribution in [-0.4, -0.2) is 15.9 Å². The highest BCUT2D eigenvalue weighted by Gasteiger charge is 2.23. The lowest BCUT2D eigenvalue weighted by atomic mass is 9.89. The van der Waals surface area contributed by atoms with E-state index in [1.165, 1.54) is 16.2 Å². The quantitative estimate of drug-likeness (QED) is 0.309. The number of rotatable bonds is 5. The molecule has 4 aromatic heterocycles. The van der Waals surface area contributed by atoms with Gasteiger partial charge in [-0.2, -0.15) is 0 Å². The van der Waals surface area contributed by atoms with Crippen molar-refractivity contribution >= 4 is 61.8 Å². The second-order valence-corrected chi connectivity index (χ2v) is 10.7. The lowest BCUT2D eigenvalue weighted by Crippen LogP contribution is -2.16. The first-order valence-electron chi connectivity index (χ1n) is 10.1. The van der Waals surface area contributed by atoms with Crippen LogP contribution in [0.1, 0.15) is 39.4 Å². The number of aryl methyl sites for hydroxylation is 1. The minimum Gasteiger partial charge on any atom is -0.454 e. The van der Waals surface area contributed by atoms with E-state index in [1.54, 1.807) is 22.7 Å². The molecule has 0 aromatic carbocycles. The molecule has 0 saturated heterocycles. The molecule has 8 heteroatoms. The van der Waals surface area contributed by atoms with Gasteiger partial charge in [-0.1, -0.05) is 19.1 Å². The van der Waals surface area contributed by atoms with E-state index in [0.717, 1.165) is 39.4 Å². The van der Waals surface area contributed by atoms with Crippen molar-refractivity contribution in [2.75, 3.05) is 0 Å². The predicted molar refractivity (Wildman–Crippen MR) is 128 cm³/mol. The van der Waals surface area contributed by atoms with Gasteiger partial charge in [0.15, 0.2) is 0 Å². The molecule has 1 aliphatic carbocycles. The predicted octanol–water partition coefficient (Wildman–Crippen LogP) is 5.52. The van der Waals surface area contributed by atoms with Crippen molar-refractivity contribution in [2.45, 2.75) is 32.8 Å². The fourth-order valence-corrected chi connectivity index (χ4v) is 6.64. The van der Waals surface area contributed by atoms with Gasteiger partial charge in [-0.25, -0.2) is 9.78 Å². The fraction of sp³-hybridized carbons (Fsp3) is 0.261. The molecule has 5 nitrogen and oxygen atoms in total.